The summed E-state index contributed by atoms with van der Waals surface area (Å²) in [7, 11) is 1.54. The average molecular weight is 582 g/mol. The molecule has 0 atom stereocenters. The van der Waals surface area contributed by atoms with Gasteiger partial charge in [-0.25, -0.2) is 4.79 Å². The lowest BCUT2D eigenvalue weighted by molar-refractivity contribution is -0.114. The molecule has 0 saturated carbocycles. The molecule has 0 fully saturated rings. The Hall–Kier alpha value is -5.35. The monoisotopic (exact) mass is 581 g/mol. The molecule has 0 aliphatic rings. The fraction of sp³-hybridized carbons (Fsp3) is 0.0625. The van der Waals surface area contributed by atoms with Crippen LogP contribution in [0.15, 0.2) is 114 Å². The van der Waals surface area contributed by atoms with E-state index in [4.69, 9.17) is 9.84 Å². The SMILES string of the molecule is COc1cccc(/C=C(\NC(=O)c2ccccc2)C(=O)Nc2cccc(SCC(=O)Nc3cccc(C(=O)O)c3)c2)c1. The van der Waals surface area contributed by atoms with E-state index in [0.29, 0.717) is 33.1 Å². The highest BCUT2D eigenvalue weighted by molar-refractivity contribution is 8.00. The second kappa shape index (κ2) is 14.3. The molecular weight excluding hydrogens is 554 g/mol. The van der Waals surface area contributed by atoms with Crippen LogP contribution in [0.1, 0.15) is 26.3 Å². The molecule has 0 radical (unpaired) electrons. The number of carbonyl (C=O) groups is 4. The number of hydrogen-bond acceptors (Lipinski definition) is 6. The van der Waals surface area contributed by atoms with E-state index in [2.05, 4.69) is 16.0 Å². The number of ether oxygens (including phenoxy) is 1. The molecule has 3 amide bonds. The normalized spacial score (nSPS) is 10.8. The number of anilines is 2. The molecule has 10 heteroatoms. The number of rotatable bonds is 11. The van der Waals surface area contributed by atoms with Crippen LogP contribution < -0.4 is 20.7 Å². The molecule has 4 aromatic carbocycles. The number of methoxy groups -OCH3 is 1. The minimum Gasteiger partial charge on any atom is -0.497 e. The van der Waals surface area contributed by atoms with E-state index in [9.17, 15) is 19.2 Å². The van der Waals surface area contributed by atoms with Gasteiger partial charge in [0.1, 0.15) is 11.4 Å². The van der Waals surface area contributed by atoms with Gasteiger partial charge >= 0.3 is 5.97 Å². The van der Waals surface area contributed by atoms with Crippen molar-refractivity contribution in [2.45, 2.75) is 4.90 Å². The number of carbonyl (C=O) groups excluding carboxylic acids is 3. The maximum absolute atomic E-state index is 13.4. The van der Waals surface area contributed by atoms with Crippen LogP contribution in [0.3, 0.4) is 0 Å². The van der Waals surface area contributed by atoms with Crippen molar-refractivity contribution in [2.24, 2.45) is 0 Å². The summed E-state index contributed by atoms with van der Waals surface area (Å²) in [5.41, 5.74) is 1.99. The number of hydrogen-bond donors (Lipinski definition) is 4. The fourth-order valence-electron chi connectivity index (χ4n) is 3.78. The zero-order chi connectivity index (χ0) is 29.9. The Morgan fingerprint density at radius 1 is 0.786 bits per heavy atom. The first kappa shape index (κ1) is 29.6. The van der Waals surface area contributed by atoms with Gasteiger partial charge in [-0.15, -0.1) is 11.8 Å². The standard InChI is InChI=1S/C32H27N3O6S/c1-41-26-14-5-8-21(16-26)17-28(35-30(37)22-9-3-2-4-10-22)31(38)34-25-13-7-15-27(19-25)42-20-29(36)33-24-12-6-11-23(18-24)32(39)40/h2-19H,20H2,1H3,(H,33,36)(H,34,38)(H,35,37)(H,39,40)/b28-17-. The van der Waals surface area contributed by atoms with Crippen LogP contribution in [0.5, 0.6) is 5.75 Å². The number of benzene rings is 4. The molecule has 0 heterocycles. The summed E-state index contributed by atoms with van der Waals surface area (Å²) in [4.78, 5) is 50.6. The average Bonchev–Trinajstić information content (AvgIpc) is 3.00. The molecule has 0 aromatic heterocycles. The summed E-state index contributed by atoms with van der Waals surface area (Å²) in [6.45, 7) is 0. The highest BCUT2D eigenvalue weighted by atomic mass is 32.2. The predicted octanol–water partition coefficient (Wildman–Crippen LogP) is 5.53. The second-order valence-corrected chi connectivity index (χ2v) is 9.91. The maximum Gasteiger partial charge on any atom is 0.335 e. The summed E-state index contributed by atoms with van der Waals surface area (Å²) in [5.74, 6) is -1.72. The van der Waals surface area contributed by atoms with Crippen LogP contribution in [0.2, 0.25) is 0 Å². The topological polar surface area (TPSA) is 134 Å². The van der Waals surface area contributed by atoms with Gasteiger partial charge in [-0.1, -0.05) is 42.5 Å². The van der Waals surface area contributed by atoms with Crippen molar-refractivity contribution in [1.82, 2.24) is 5.32 Å². The van der Waals surface area contributed by atoms with E-state index < -0.39 is 17.8 Å². The number of aromatic carboxylic acids is 1. The molecule has 0 saturated heterocycles. The molecule has 42 heavy (non-hydrogen) atoms. The highest BCUT2D eigenvalue weighted by Crippen LogP contribution is 2.23. The lowest BCUT2D eigenvalue weighted by Gasteiger charge is -2.12. The number of thioether (sulfide) groups is 1. The van der Waals surface area contributed by atoms with E-state index in [0.717, 1.165) is 0 Å². The summed E-state index contributed by atoms with van der Waals surface area (Å²) in [6, 6.07) is 28.6. The van der Waals surface area contributed by atoms with E-state index in [1.54, 1.807) is 104 Å². The van der Waals surface area contributed by atoms with Crippen LogP contribution in [0.25, 0.3) is 6.08 Å². The van der Waals surface area contributed by atoms with Gasteiger partial charge < -0.3 is 25.8 Å². The van der Waals surface area contributed by atoms with Crippen molar-refractivity contribution in [3.63, 3.8) is 0 Å². The Balaban J connectivity index is 1.45. The number of nitrogens with one attached hydrogen (secondary N) is 3. The molecule has 0 unspecified atom stereocenters. The van der Waals surface area contributed by atoms with Crippen molar-refractivity contribution in [1.29, 1.82) is 0 Å². The van der Waals surface area contributed by atoms with Crippen molar-refractivity contribution in [2.75, 3.05) is 23.5 Å². The van der Waals surface area contributed by atoms with Crippen molar-refractivity contribution in [3.05, 3.63) is 126 Å². The predicted molar refractivity (Wildman–Crippen MR) is 163 cm³/mol. The Bertz CT molecular complexity index is 1640. The van der Waals surface area contributed by atoms with Gasteiger partial charge in [0.15, 0.2) is 0 Å². The minimum atomic E-state index is -1.08. The molecule has 4 rings (SSSR count). The zero-order valence-corrected chi connectivity index (χ0v) is 23.3. The van der Waals surface area contributed by atoms with Crippen LogP contribution in [0, 0.1) is 0 Å². The first-order valence-corrected chi connectivity index (χ1v) is 13.7. The second-order valence-electron chi connectivity index (χ2n) is 8.86. The van der Waals surface area contributed by atoms with Crippen molar-refractivity contribution < 1.29 is 29.0 Å². The Morgan fingerprint density at radius 2 is 1.48 bits per heavy atom. The molecule has 0 aliphatic carbocycles. The van der Waals surface area contributed by atoms with Gasteiger partial charge in [0.05, 0.1) is 18.4 Å². The third-order valence-corrected chi connectivity index (χ3v) is 6.78. The fourth-order valence-corrected chi connectivity index (χ4v) is 4.53. The summed E-state index contributed by atoms with van der Waals surface area (Å²) in [5, 5.41) is 17.3. The number of carboxylic acids is 1. The van der Waals surface area contributed by atoms with Crippen LogP contribution in [0.4, 0.5) is 11.4 Å². The van der Waals surface area contributed by atoms with Gasteiger partial charge in [-0.3, -0.25) is 14.4 Å². The van der Waals surface area contributed by atoms with E-state index >= 15 is 0 Å². The van der Waals surface area contributed by atoms with E-state index in [1.807, 2.05) is 0 Å². The van der Waals surface area contributed by atoms with Crippen molar-refractivity contribution >= 4 is 52.9 Å². The maximum atomic E-state index is 13.4. The van der Waals surface area contributed by atoms with Crippen LogP contribution >= 0.6 is 11.8 Å². The minimum absolute atomic E-state index is 0.0260. The van der Waals surface area contributed by atoms with E-state index in [-0.39, 0.29) is 22.9 Å². The lowest BCUT2D eigenvalue weighted by Crippen LogP contribution is -2.30. The first-order chi connectivity index (χ1) is 20.3. The molecular formula is C32H27N3O6S. The third kappa shape index (κ3) is 8.57. The Kier molecular flexibility index (Phi) is 10.1. The van der Waals surface area contributed by atoms with Gasteiger partial charge in [-0.05, 0) is 72.3 Å². The molecule has 212 valence electrons. The number of amides is 3. The van der Waals surface area contributed by atoms with Crippen LogP contribution in [-0.4, -0.2) is 41.7 Å². The van der Waals surface area contributed by atoms with Crippen LogP contribution in [-0.2, 0) is 9.59 Å². The molecule has 4 aromatic rings. The van der Waals surface area contributed by atoms with Gasteiger partial charge in [0, 0.05) is 21.8 Å². The van der Waals surface area contributed by atoms with Gasteiger partial charge in [-0.2, -0.15) is 0 Å². The quantitative estimate of drug-likeness (QED) is 0.135. The third-order valence-electron chi connectivity index (χ3n) is 5.79. The first-order valence-electron chi connectivity index (χ1n) is 12.7. The summed E-state index contributed by atoms with van der Waals surface area (Å²) >= 11 is 1.24. The molecule has 0 spiro atoms. The van der Waals surface area contributed by atoms with Gasteiger partial charge in [0.25, 0.3) is 11.8 Å². The molecule has 0 bridgehead atoms. The lowest BCUT2D eigenvalue weighted by atomic mass is 10.1. The summed E-state index contributed by atoms with van der Waals surface area (Å²) in [6.07, 6.45) is 1.56. The van der Waals surface area contributed by atoms with Crippen molar-refractivity contribution in [3.8, 4) is 5.75 Å². The Morgan fingerprint density at radius 3 is 2.21 bits per heavy atom. The molecule has 0 aliphatic heterocycles. The molecule has 9 nitrogen and oxygen atoms in total. The highest BCUT2D eigenvalue weighted by Gasteiger charge is 2.16. The largest absolute Gasteiger partial charge is 0.497 e. The molecule has 4 N–H and O–H groups in total. The van der Waals surface area contributed by atoms with Gasteiger partial charge in [0.2, 0.25) is 5.91 Å². The zero-order valence-electron chi connectivity index (χ0n) is 22.5. The van der Waals surface area contributed by atoms with E-state index in [1.165, 1.54) is 23.9 Å². The number of carboxylic acid groups (broad SMARTS) is 1. The smallest absolute Gasteiger partial charge is 0.335 e. The Labute approximate surface area is 246 Å². The summed E-state index contributed by atoms with van der Waals surface area (Å²) < 4.78 is 5.27.